The molecule has 2 heterocycles. The van der Waals surface area contributed by atoms with Crippen molar-refractivity contribution in [3.63, 3.8) is 0 Å². The second kappa shape index (κ2) is 7.96. The summed E-state index contributed by atoms with van der Waals surface area (Å²) < 4.78 is 5.93. The lowest BCUT2D eigenvalue weighted by Crippen LogP contribution is -2.27. The molecule has 1 amide bonds. The number of hydrogen-bond donors (Lipinski definition) is 1. The number of likely N-dealkylation sites (N-methyl/N-ethyl adjacent to an activating group) is 1. The summed E-state index contributed by atoms with van der Waals surface area (Å²) in [5.41, 5.74) is 3.57. The molecule has 1 N–H and O–H groups in total. The number of carbonyl (C=O) groups excluding carboxylic acids is 1. The minimum absolute atomic E-state index is 0. The summed E-state index contributed by atoms with van der Waals surface area (Å²) in [5, 5.41) is 2.91. The molecule has 0 saturated carbocycles. The highest BCUT2D eigenvalue weighted by Crippen LogP contribution is 2.26. The Balaban J connectivity index is 0.00000208. The highest BCUT2D eigenvalue weighted by molar-refractivity contribution is 9.10. The van der Waals surface area contributed by atoms with Gasteiger partial charge in [-0.3, -0.25) is 9.78 Å². The summed E-state index contributed by atoms with van der Waals surface area (Å²) in [4.78, 5) is 19.1. The Morgan fingerprint density at radius 1 is 1.38 bits per heavy atom. The molecule has 128 valence electrons. The zero-order valence-corrected chi connectivity index (χ0v) is 15.9. The Bertz CT molecular complexity index is 755. The molecule has 2 aromatic rings. The third kappa shape index (κ3) is 4.06. The quantitative estimate of drug-likeness (QED) is 0.838. The van der Waals surface area contributed by atoms with Gasteiger partial charge < -0.3 is 15.0 Å². The number of carbonyl (C=O) groups is 1. The molecule has 0 atom stereocenters. The van der Waals surface area contributed by atoms with E-state index in [2.05, 4.69) is 38.2 Å². The fourth-order valence-electron chi connectivity index (χ4n) is 2.65. The smallest absolute Gasteiger partial charge is 0.255 e. The van der Waals surface area contributed by atoms with Gasteiger partial charge in [-0.1, -0.05) is 0 Å². The van der Waals surface area contributed by atoms with Gasteiger partial charge in [-0.15, -0.1) is 12.4 Å². The van der Waals surface area contributed by atoms with E-state index < -0.39 is 0 Å². The molecule has 1 aliphatic heterocycles. The molecule has 0 saturated heterocycles. The maximum absolute atomic E-state index is 12.4. The van der Waals surface area contributed by atoms with Crippen LogP contribution in [0.2, 0.25) is 0 Å². The Kier molecular flexibility index (Phi) is 6.21. The van der Waals surface area contributed by atoms with Crippen LogP contribution in [-0.4, -0.2) is 36.5 Å². The molecule has 0 unspecified atom stereocenters. The number of rotatable bonds is 3. The van der Waals surface area contributed by atoms with Crippen LogP contribution in [0.1, 0.15) is 21.6 Å². The summed E-state index contributed by atoms with van der Waals surface area (Å²) in [5.74, 6) is 0.527. The van der Waals surface area contributed by atoms with Gasteiger partial charge in [0.15, 0.2) is 0 Å². The minimum Gasteiger partial charge on any atom is -0.496 e. The lowest BCUT2D eigenvalue weighted by molar-refractivity contribution is 0.102. The summed E-state index contributed by atoms with van der Waals surface area (Å²) in [7, 11) is 3.68. The third-order valence-electron chi connectivity index (χ3n) is 3.90. The van der Waals surface area contributed by atoms with Gasteiger partial charge in [-0.25, -0.2) is 0 Å². The van der Waals surface area contributed by atoms with Crippen molar-refractivity contribution < 1.29 is 9.53 Å². The second-order valence-electron chi connectivity index (χ2n) is 5.62. The fourth-order valence-corrected chi connectivity index (χ4v) is 3.19. The van der Waals surface area contributed by atoms with E-state index in [0.29, 0.717) is 11.3 Å². The van der Waals surface area contributed by atoms with E-state index in [1.54, 1.807) is 31.5 Å². The Morgan fingerprint density at radius 3 is 2.88 bits per heavy atom. The number of amides is 1. The number of ether oxygens (including phenoxy) is 1. The highest BCUT2D eigenvalue weighted by Gasteiger charge is 2.16. The van der Waals surface area contributed by atoms with Crippen molar-refractivity contribution in [2.24, 2.45) is 0 Å². The van der Waals surface area contributed by atoms with Crippen LogP contribution in [0.4, 0.5) is 5.69 Å². The zero-order valence-electron chi connectivity index (χ0n) is 13.5. The normalized spacial score (nSPS) is 13.6. The Morgan fingerprint density at radius 2 is 2.17 bits per heavy atom. The van der Waals surface area contributed by atoms with Crippen LogP contribution in [0.25, 0.3) is 0 Å². The third-order valence-corrected chi connectivity index (χ3v) is 4.52. The maximum atomic E-state index is 12.4. The van der Waals surface area contributed by atoms with Gasteiger partial charge in [0.25, 0.3) is 5.91 Å². The first-order valence-electron chi connectivity index (χ1n) is 7.38. The lowest BCUT2D eigenvalue weighted by Gasteiger charge is -2.24. The Hall–Kier alpha value is -1.63. The molecule has 0 fully saturated rings. The van der Waals surface area contributed by atoms with Crippen LogP contribution in [0.5, 0.6) is 5.75 Å². The van der Waals surface area contributed by atoms with Crippen LogP contribution in [-0.2, 0) is 13.0 Å². The number of pyridine rings is 1. The molecule has 1 aromatic carbocycles. The van der Waals surface area contributed by atoms with E-state index in [4.69, 9.17) is 4.74 Å². The average Bonchev–Trinajstić information content (AvgIpc) is 2.54. The standard InChI is InChI=1S/C17H18BrN3O2.ClH/c1-21-6-5-15-12(10-21)7-13(9-19-15)20-17(22)11-3-4-16(23-2)14(18)8-11;/h3-4,7-9H,5-6,10H2,1-2H3,(H,20,22);1H. The maximum Gasteiger partial charge on any atom is 0.255 e. The summed E-state index contributed by atoms with van der Waals surface area (Å²) in [6.45, 7) is 1.88. The molecule has 24 heavy (non-hydrogen) atoms. The molecule has 1 aliphatic rings. The monoisotopic (exact) mass is 411 g/mol. The lowest BCUT2D eigenvalue weighted by atomic mass is 10.1. The molecule has 0 bridgehead atoms. The van der Waals surface area contributed by atoms with Crippen LogP contribution >= 0.6 is 28.3 Å². The number of aromatic nitrogens is 1. The molecule has 3 rings (SSSR count). The van der Waals surface area contributed by atoms with Crippen molar-refractivity contribution in [2.75, 3.05) is 26.0 Å². The topological polar surface area (TPSA) is 54.5 Å². The van der Waals surface area contributed by atoms with Crippen molar-refractivity contribution in [1.82, 2.24) is 9.88 Å². The number of nitrogens with zero attached hydrogens (tertiary/aromatic N) is 2. The molecule has 0 radical (unpaired) electrons. The van der Waals surface area contributed by atoms with Gasteiger partial charge in [-0.2, -0.15) is 0 Å². The van der Waals surface area contributed by atoms with E-state index in [-0.39, 0.29) is 18.3 Å². The number of fused-ring (bicyclic) bond motifs is 1. The van der Waals surface area contributed by atoms with Gasteiger partial charge in [0, 0.05) is 30.8 Å². The molecule has 5 nitrogen and oxygen atoms in total. The molecular weight excluding hydrogens is 394 g/mol. The summed E-state index contributed by atoms with van der Waals surface area (Å²) >= 11 is 3.39. The van der Waals surface area contributed by atoms with Crippen molar-refractivity contribution in [3.8, 4) is 5.75 Å². The largest absolute Gasteiger partial charge is 0.496 e. The predicted octanol–water partition coefficient (Wildman–Crippen LogP) is 3.51. The van der Waals surface area contributed by atoms with E-state index in [1.807, 2.05) is 6.07 Å². The van der Waals surface area contributed by atoms with Crippen LogP contribution in [0.15, 0.2) is 34.9 Å². The van der Waals surface area contributed by atoms with Crippen molar-refractivity contribution in [3.05, 3.63) is 51.8 Å². The van der Waals surface area contributed by atoms with Crippen molar-refractivity contribution in [2.45, 2.75) is 13.0 Å². The summed E-state index contributed by atoms with van der Waals surface area (Å²) in [6, 6.07) is 7.25. The number of anilines is 1. The predicted molar refractivity (Wildman–Crippen MR) is 100 cm³/mol. The van der Waals surface area contributed by atoms with E-state index >= 15 is 0 Å². The molecular formula is C17H19BrClN3O2. The SMILES string of the molecule is COc1ccc(C(=O)Nc2cnc3c(c2)CN(C)CC3)cc1Br.Cl. The first kappa shape index (κ1) is 18.7. The fraction of sp³-hybridized carbons (Fsp3) is 0.294. The minimum atomic E-state index is -0.167. The number of hydrogen-bond acceptors (Lipinski definition) is 4. The van der Waals surface area contributed by atoms with Crippen LogP contribution in [0, 0.1) is 0 Å². The van der Waals surface area contributed by atoms with Gasteiger partial charge >= 0.3 is 0 Å². The molecule has 1 aromatic heterocycles. The zero-order chi connectivity index (χ0) is 16.4. The Labute approximate surface area is 155 Å². The van der Waals surface area contributed by atoms with E-state index in [1.165, 1.54) is 5.56 Å². The van der Waals surface area contributed by atoms with E-state index in [0.717, 1.165) is 35.4 Å². The van der Waals surface area contributed by atoms with Gasteiger partial charge in [-0.05, 0) is 52.8 Å². The number of methoxy groups -OCH3 is 1. The molecule has 0 spiro atoms. The number of nitrogens with one attached hydrogen (secondary N) is 1. The number of halogens is 2. The summed E-state index contributed by atoms with van der Waals surface area (Å²) in [6.07, 6.45) is 2.67. The van der Waals surface area contributed by atoms with Gasteiger partial charge in [0.05, 0.1) is 23.5 Å². The van der Waals surface area contributed by atoms with Crippen molar-refractivity contribution >= 4 is 39.9 Å². The highest BCUT2D eigenvalue weighted by atomic mass is 79.9. The first-order chi connectivity index (χ1) is 11.1. The second-order valence-corrected chi connectivity index (χ2v) is 6.48. The first-order valence-corrected chi connectivity index (χ1v) is 8.17. The molecule has 0 aliphatic carbocycles. The average molecular weight is 413 g/mol. The number of benzene rings is 1. The van der Waals surface area contributed by atoms with Gasteiger partial charge in [0.1, 0.15) is 5.75 Å². The van der Waals surface area contributed by atoms with Gasteiger partial charge in [0.2, 0.25) is 0 Å². The molecule has 7 heteroatoms. The van der Waals surface area contributed by atoms with Crippen LogP contribution in [0.3, 0.4) is 0 Å². The van der Waals surface area contributed by atoms with Crippen LogP contribution < -0.4 is 10.1 Å². The van der Waals surface area contributed by atoms with Crippen molar-refractivity contribution in [1.29, 1.82) is 0 Å². The van der Waals surface area contributed by atoms with E-state index in [9.17, 15) is 4.79 Å².